The molecule has 4 nitrogen and oxygen atoms in total. The fourth-order valence-electron chi connectivity index (χ4n) is 1.11. The maximum atomic E-state index is 10.8. The van der Waals surface area contributed by atoms with Gasteiger partial charge in [-0.2, -0.15) is 0 Å². The van der Waals surface area contributed by atoms with E-state index in [2.05, 4.69) is 9.59 Å². The summed E-state index contributed by atoms with van der Waals surface area (Å²) in [6, 6.07) is 9.24. The van der Waals surface area contributed by atoms with Crippen LogP contribution in [0.25, 0.3) is 10.4 Å². The van der Waals surface area contributed by atoms with Crippen LogP contribution < -0.4 is 0 Å². The van der Waals surface area contributed by atoms with Gasteiger partial charge in [-0.05, 0) is 17.1 Å². The zero-order chi connectivity index (χ0) is 9.97. The number of benzene rings is 1. The lowest BCUT2D eigenvalue weighted by atomic mass is 10.1. The van der Waals surface area contributed by atoms with Crippen LogP contribution in [0.2, 0.25) is 0 Å². The fourth-order valence-corrected chi connectivity index (χ4v) is 1.77. The van der Waals surface area contributed by atoms with Gasteiger partial charge in [-0.3, -0.25) is 0 Å². The van der Waals surface area contributed by atoms with Crippen molar-refractivity contribution in [3.63, 3.8) is 0 Å². The van der Waals surface area contributed by atoms with Gasteiger partial charge in [0.25, 0.3) is 0 Å². The van der Waals surface area contributed by atoms with Crippen LogP contribution in [0.4, 0.5) is 0 Å². The monoisotopic (exact) mass is 206 g/mol. The summed E-state index contributed by atoms with van der Waals surface area (Å²) in [5.41, 5.74) is 0.848. The van der Waals surface area contributed by atoms with Crippen LogP contribution in [0.15, 0.2) is 30.3 Å². The third kappa shape index (κ3) is 1.49. The first-order valence-corrected chi connectivity index (χ1v) is 4.67. The van der Waals surface area contributed by atoms with Gasteiger partial charge in [-0.15, -0.1) is 5.10 Å². The molecule has 14 heavy (non-hydrogen) atoms. The van der Waals surface area contributed by atoms with Crippen LogP contribution in [0, 0.1) is 0 Å². The van der Waals surface area contributed by atoms with E-state index in [-0.39, 0.29) is 5.69 Å². The molecule has 70 valence electrons. The second-order valence-electron chi connectivity index (χ2n) is 2.62. The summed E-state index contributed by atoms with van der Waals surface area (Å²) in [5, 5.41) is 12.4. The van der Waals surface area contributed by atoms with Crippen LogP contribution in [-0.4, -0.2) is 20.7 Å². The van der Waals surface area contributed by atoms with E-state index in [9.17, 15) is 4.79 Å². The summed E-state index contributed by atoms with van der Waals surface area (Å²) < 4.78 is 3.63. The molecular weight excluding hydrogens is 200 g/mol. The molecule has 0 fully saturated rings. The first kappa shape index (κ1) is 8.83. The first-order valence-electron chi connectivity index (χ1n) is 3.90. The maximum Gasteiger partial charge on any atom is 0.358 e. The van der Waals surface area contributed by atoms with Crippen molar-refractivity contribution in [3.05, 3.63) is 36.0 Å². The van der Waals surface area contributed by atoms with Gasteiger partial charge in [0.1, 0.15) is 0 Å². The maximum absolute atomic E-state index is 10.8. The molecule has 2 aromatic rings. The Kier molecular flexibility index (Phi) is 2.24. The highest BCUT2D eigenvalue weighted by molar-refractivity contribution is 7.09. The number of hydrogen-bond acceptors (Lipinski definition) is 4. The van der Waals surface area contributed by atoms with Crippen LogP contribution in [0.1, 0.15) is 10.5 Å². The lowest BCUT2D eigenvalue weighted by molar-refractivity contribution is 0.0691. The van der Waals surface area contributed by atoms with E-state index >= 15 is 0 Å². The molecule has 0 saturated heterocycles. The second kappa shape index (κ2) is 3.55. The van der Waals surface area contributed by atoms with E-state index in [1.54, 1.807) is 0 Å². The summed E-state index contributed by atoms with van der Waals surface area (Å²) >= 11 is 1.09. The summed E-state index contributed by atoms with van der Waals surface area (Å²) in [5.74, 6) is -1.04. The quantitative estimate of drug-likeness (QED) is 0.815. The number of nitrogens with zero attached hydrogens (tertiary/aromatic N) is 2. The topological polar surface area (TPSA) is 63.1 Å². The molecule has 0 amide bonds. The number of rotatable bonds is 2. The van der Waals surface area contributed by atoms with Gasteiger partial charge in [0.05, 0.1) is 4.88 Å². The molecule has 0 aliphatic heterocycles. The number of carboxylic acids is 1. The van der Waals surface area contributed by atoms with Crippen LogP contribution in [0.3, 0.4) is 0 Å². The van der Waals surface area contributed by atoms with Crippen molar-refractivity contribution in [1.82, 2.24) is 9.59 Å². The molecule has 0 aliphatic carbocycles. The molecule has 1 aromatic heterocycles. The number of carbonyl (C=O) groups is 1. The fraction of sp³-hybridized carbons (Fsp3) is 0. The highest BCUT2D eigenvalue weighted by Crippen LogP contribution is 2.25. The summed E-state index contributed by atoms with van der Waals surface area (Å²) in [4.78, 5) is 11.4. The van der Waals surface area contributed by atoms with Gasteiger partial charge in [0.15, 0.2) is 5.69 Å². The Morgan fingerprint density at radius 2 is 2.00 bits per heavy atom. The van der Waals surface area contributed by atoms with E-state index in [1.165, 1.54) is 0 Å². The van der Waals surface area contributed by atoms with E-state index in [0.29, 0.717) is 4.88 Å². The van der Waals surface area contributed by atoms with Crippen molar-refractivity contribution in [3.8, 4) is 10.4 Å². The van der Waals surface area contributed by atoms with Crippen molar-refractivity contribution in [1.29, 1.82) is 0 Å². The number of aromatic nitrogens is 2. The zero-order valence-electron chi connectivity index (χ0n) is 7.04. The van der Waals surface area contributed by atoms with Crippen molar-refractivity contribution < 1.29 is 9.90 Å². The number of aromatic carboxylic acids is 1. The molecule has 0 saturated carbocycles. The third-order valence-electron chi connectivity index (χ3n) is 1.73. The van der Waals surface area contributed by atoms with E-state index in [4.69, 9.17) is 5.11 Å². The van der Waals surface area contributed by atoms with E-state index in [1.807, 2.05) is 30.3 Å². The molecule has 0 radical (unpaired) electrons. The average Bonchev–Trinajstić information content (AvgIpc) is 2.67. The van der Waals surface area contributed by atoms with Gasteiger partial charge in [-0.1, -0.05) is 34.8 Å². The molecule has 0 atom stereocenters. The van der Waals surface area contributed by atoms with Gasteiger partial charge in [0, 0.05) is 0 Å². The molecule has 1 N–H and O–H groups in total. The van der Waals surface area contributed by atoms with Crippen LogP contribution in [0.5, 0.6) is 0 Å². The molecular formula is C9H6N2O2S. The minimum Gasteiger partial charge on any atom is -0.476 e. The Morgan fingerprint density at radius 1 is 1.29 bits per heavy atom. The minimum absolute atomic E-state index is 0.0150. The highest BCUT2D eigenvalue weighted by Gasteiger charge is 2.15. The van der Waals surface area contributed by atoms with Crippen LogP contribution >= 0.6 is 11.5 Å². The van der Waals surface area contributed by atoms with Crippen LogP contribution in [-0.2, 0) is 0 Å². The lowest BCUT2D eigenvalue weighted by Crippen LogP contribution is -1.98. The standard InChI is InChI=1S/C9H6N2O2S/c12-9(13)7-8(14-11-10-7)6-4-2-1-3-5-6/h1-5H,(H,12,13). The highest BCUT2D eigenvalue weighted by atomic mass is 32.1. The minimum atomic E-state index is -1.04. The summed E-state index contributed by atoms with van der Waals surface area (Å²) in [7, 11) is 0. The van der Waals surface area contributed by atoms with Gasteiger partial charge in [-0.25, -0.2) is 4.79 Å². The van der Waals surface area contributed by atoms with Gasteiger partial charge in [0.2, 0.25) is 0 Å². The molecule has 1 aromatic carbocycles. The number of hydrogen-bond donors (Lipinski definition) is 1. The molecule has 0 unspecified atom stereocenters. The van der Waals surface area contributed by atoms with E-state index < -0.39 is 5.97 Å². The first-order chi connectivity index (χ1) is 6.79. The molecule has 0 spiro atoms. The lowest BCUT2D eigenvalue weighted by Gasteiger charge is -1.95. The molecule has 2 rings (SSSR count). The molecule has 0 aliphatic rings. The normalized spacial score (nSPS) is 10.0. The molecule has 1 heterocycles. The number of carboxylic acid groups (broad SMARTS) is 1. The van der Waals surface area contributed by atoms with Crippen molar-refractivity contribution in [2.45, 2.75) is 0 Å². The Hall–Kier alpha value is -1.75. The molecule has 5 heteroatoms. The summed E-state index contributed by atoms with van der Waals surface area (Å²) in [6.07, 6.45) is 0. The average molecular weight is 206 g/mol. The van der Waals surface area contributed by atoms with Gasteiger partial charge < -0.3 is 5.11 Å². The Morgan fingerprint density at radius 3 is 2.64 bits per heavy atom. The largest absolute Gasteiger partial charge is 0.476 e. The third-order valence-corrected chi connectivity index (χ3v) is 2.50. The van der Waals surface area contributed by atoms with Crippen molar-refractivity contribution >= 4 is 17.5 Å². The van der Waals surface area contributed by atoms with Gasteiger partial charge >= 0.3 is 5.97 Å². The second-order valence-corrected chi connectivity index (χ2v) is 3.38. The predicted molar refractivity (Wildman–Crippen MR) is 52.3 cm³/mol. The summed E-state index contributed by atoms with van der Waals surface area (Å²) in [6.45, 7) is 0. The smallest absolute Gasteiger partial charge is 0.358 e. The Balaban J connectivity index is 2.52. The Labute approximate surface area is 84.0 Å². The van der Waals surface area contributed by atoms with Crippen molar-refractivity contribution in [2.24, 2.45) is 0 Å². The Bertz CT molecular complexity index is 453. The predicted octanol–water partition coefficient (Wildman–Crippen LogP) is 1.90. The molecule has 0 bridgehead atoms. The van der Waals surface area contributed by atoms with Crippen molar-refractivity contribution in [2.75, 3.05) is 0 Å². The van der Waals surface area contributed by atoms with E-state index in [0.717, 1.165) is 17.1 Å². The zero-order valence-corrected chi connectivity index (χ0v) is 7.86. The SMILES string of the molecule is O=C(O)c1nnsc1-c1ccccc1.